The van der Waals surface area contributed by atoms with Gasteiger partial charge in [-0.3, -0.25) is 0 Å². The van der Waals surface area contributed by atoms with Gasteiger partial charge in [0, 0.05) is 61.6 Å². The first-order chi connectivity index (χ1) is 14.1. The molecule has 0 aliphatic carbocycles. The molecule has 152 valence electrons. The lowest BCUT2D eigenvalue weighted by Crippen LogP contribution is -2.44. The number of piperazine rings is 1. The molecule has 1 aromatic heterocycles. The van der Waals surface area contributed by atoms with Crippen LogP contribution in [0, 0.1) is 0 Å². The van der Waals surface area contributed by atoms with Gasteiger partial charge in [-0.2, -0.15) is 0 Å². The van der Waals surface area contributed by atoms with Crippen molar-refractivity contribution in [3.8, 4) is 11.3 Å². The molecule has 1 N–H and O–H groups in total. The molecule has 0 radical (unpaired) electrons. The van der Waals surface area contributed by atoms with E-state index in [0.29, 0.717) is 0 Å². The summed E-state index contributed by atoms with van der Waals surface area (Å²) < 4.78 is 0. The van der Waals surface area contributed by atoms with Crippen LogP contribution in [-0.4, -0.2) is 75.2 Å². The summed E-state index contributed by atoms with van der Waals surface area (Å²) in [4.78, 5) is 12.1. The van der Waals surface area contributed by atoms with E-state index in [2.05, 4.69) is 95.8 Å². The van der Waals surface area contributed by atoms with Crippen LogP contribution in [0.15, 0.2) is 54.6 Å². The predicted octanol–water partition coefficient (Wildman–Crippen LogP) is 3.63. The molecule has 0 amide bonds. The monoisotopic (exact) mass is 389 g/mol. The van der Waals surface area contributed by atoms with E-state index in [1.54, 1.807) is 0 Å². The van der Waals surface area contributed by atoms with Crippen molar-refractivity contribution in [2.45, 2.75) is 0 Å². The number of benzene rings is 2. The number of hydrogen-bond donors (Lipinski definition) is 1. The van der Waals surface area contributed by atoms with Crippen molar-refractivity contribution in [2.75, 3.05) is 70.6 Å². The van der Waals surface area contributed by atoms with Crippen molar-refractivity contribution in [3.05, 3.63) is 54.6 Å². The molecule has 2 heterocycles. The summed E-state index contributed by atoms with van der Waals surface area (Å²) in [6, 6.07) is 19.3. The van der Waals surface area contributed by atoms with Gasteiger partial charge >= 0.3 is 0 Å². The van der Waals surface area contributed by atoms with Gasteiger partial charge in [0.2, 0.25) is 0 Å². The Bertz CT molecular complexity index is 960. The average Bonchev–Trinajstić information content (AvgIpc) is 2.74. The van der Waals surface area contributed by atoms with Crippen molar-refractivity contribution in [3.63, 3.8) is 0 Å². The van der Waals surface area contributed by atoms with E-state index in [1.165, 1.54) is 16.6 Å². The summed E-state index contributed by atoms with van der Waals surface area (Å²) in [5.41, 5.74) is 5.71. The van der Waals surface area contributed by atoms with E-state index in [4.69, 9.17) is 4.98 Å². The number of pyridine rings is 1. The highest BCUT2D eigenvalue weighted by Crippen LogP contribution is 2.34. The highest BCUT2D eigenvalue weighted by Gasteiger charge is 2.18. The second kappa shape index (κ2) is 8.80. The van der Waals surface area contributed by atoms with Crippen LogP contribution in [0.5, 0.6) is 0 Å². The van der Waals surface area contributed by atoms with Crippen molar-refractivity contribution in [1.29, 1.82) is 0 Å². The van der Waals surface area contributed by atoms with Gasteiger partial charge in [-0.15, -0.1) is 0 Å². The van der Waals surface area contributed by atoms with E-state index in [1.807, 2.05) is 0 Å². The second-order valence-corrected chi connectivity index (χ2v) is 8.11. The molecule has 5 heteroatoms. The summed E-state index contributed by atoms with van der Waals surface area (Å²) in [5, 5.41) is 4.81. The van der Waals surface area contributed by atoms with E-state index in [0.717, 1.165) is 56.2 Å². The molecule has 4 rings (SSSR count). The Morgan fingerprint density at radius 1 is 0.966 bits per heavy atom. The smallest absolute Gasteiger partial charge is 0.0751 e. The fraction of sp³-hybridized carbons (Fsp3) is 0.375. The molecule has 0 spiro atoms. The van der Waals surface area contributed by atoms with E-state index in [9.17, 15) is 0 Å². The van der Waals surface area contributed by atoms with Gasteiger partial charge in [0.15, 0.2) is 0 Å². The summed E-state index contributed by atoms with van der Waals surface area (Å²) in [6.07, 6.45) is 0. The lowest BCUT2D eigenvalue weighted by atomic mass is 10.0. The quantitative estimate of drug-likeness (QED) is 0.696. The summed E-state index contributed by atoms with van der Waals surface area (Å²) in [5.74, 6) is 0. The van der Waals surface area contributed by atoms with E-state index < -0.39 is 0 Å². The molecule has 1 fully saturated rings. The normalized spacial score (nSPS) is 15.2. The maximum Gasteiger partial charge on any atom is 0.0751 e. The Hall–Kier alpha value is -2.63. The van der Waals surface area contributed by atoms with Crippen molar-refractivity contribution < 1.29 is 0 Å². The zero-order chi connectivity index (χ0) is 20.2. The number of aromatic nitrogens is 1. The van der Waals surface area contributed by atoms with Crippen LogP contribution in [0.1, 0.15) is 0 Å². The van der Waals surface area contributed by atoms with Crippen LogP contribution in [0.4, 0.5) is 11.4 Å². The number of hydrogen-bond acceptors (Lipinski definition) is 5. The fourth-order valence-corrected chi connectivity index (χ4v) is 3.89. The Labute approximate surface area is 173 Å². The first kappa shape index (κ1) is 19.7. The van der Waals surface area contributed by atoms with Crippen LogP contribution in [0.2, 0.25) is 0 Å². The van der Waals surface area contributed by atoms with Crippen molar-refractivity contribution in [1.82, 2.24) is 14.8 Å². The molecule has 1 aliphatic heterocycles. The minimum absolute atomic E-state index is 0.903. The molecular formula is C24H31N5. The molecule has 0 atom stereocenters. The highest BCUT2D eigenvalue weighted by atomic mass is 15.2. The fourth-order valence-electron chi connectivity index (χ4n) is 3.89. The molecule has 0 saturated carbocycles. The number of likely N-dealkylation sites (N-methyl/N-ethyl adjacent to an activating group) is 2. The second-order valence-electron chi connectivity index (χ2n) is 8.11. The topological polar surface area (TPSA) is 34.6 Å². The van der Waals surface area contributed by atoms with Crippen molar-refractivity contribution in [2.24, 2.45) is 0 Å². The average molecular weight is 390 g/mol. The van der Waals surface area contributed by atoms with Gasteiger partial charge in [0.1, 0.15) is 0 Å². The van der Waals surface area contributed by atoms with Crippen LogP contribution in [0.25, 0.3) is 22.2 Å². The maximum absolute atomic E-state index is 5.03. The molecule has 2 aromatic carbocycles. The number of fused-ring (bicyclic) bond motifs is 1. The van der Waals surface area contributed by atoms with Crippen LogP contribution in [0.3, 0.4) is 0 Å². The molecule has 3 aromatic rings. The third-order valence-electron chi connectivity index (χ3n) is 5.61. The van der Waals surface area contributed by atoms with Gasteiger partial charge in [0.05, 0.1) is 11.2 Å². The summed E-state index contributed by atoms with van der Waals surface area (Å²) in [7, 11) is 6.40. The number of rotatable bonds is 6. The predicted molar refractivity (Wildman–Crippen MR) is 124 cm³/mol. The Balaban J connectivity index is 1.72. The summed E-state index contributed by atoms with van der Waals surface area (Å²) >= 11 is 0. The Morgan fingerprint density at radius 2 is 1.69 bits per heavy atom. The van der Waals surface area contributed by atoms with Gasteiger partial charge in [-0.1, -0.05) is 36.4 Å². The largest absolute Gasteiger partial charge is 0.383 e. The number of nitrogens with one attached hydrogen (secondary N) is 1. The molecule has 1 aliphatic rings. The molecule has 5 nitrogen and oxygen atoms in total. The standard InChI is InChI=1S/C24H31N5/c1-27(2)13-12-25-22-18-23(26-21-10-6-4-8-19(21)22)20-9-5-7-11-24(20)29-16-14-28(3)15-17-29/h4-11,18H,12-17H2,1-3H3,(H,25,26). The Morgan fingerprint density at radius 3 is 2.48 bits per heavy atom. The van der Waals surface area contributed by atoms with Gasteiger partial charge < -0.3 is 20.0 Å². The third-order valence-corrected chi connectivity index (χ3v) is 5.61. The van der Waals surface area contributed by atoms with Crippen LogP contribution < -0.4 is 10.2 Å². The van der Waals surface area contributed by atoms with Crippen LogP contribution in [-0.2, 0) is 0 Å². The number of para-hydroxylation sites is 2. The third kappa shape index (κ3) is 4.52. The minimum atomic E-state index is 0.903. The first-order valence-corrected chi connectivity index (χ1v) is 10.4. The molecule has 0 bridgehead atoms. The lowest BCUT2D eigenvalue weighted by molar-refractivity contribution is 0.313. The van der Waals surface area contributed by atoms with Crippen LogP contribution >= 0.6 is 0 Å². The molecule has 29 heavy (non-hydrogen) atoms. The van der Waals surface area contributed by atoms with Gasteiger partial charge in [-0.25, -0.2) is 4.98 Å². The summed E-state index contributed by atoms with van der Waals surface area (Å²) in [6.45, 7) is 6.18. The van der Waals surface area contributed by atoms with E-state index >= 15 is 0 Å². The van der Waals surface area contributed by atoms with Gasteiger partial charge in [0.25, 0.3) is 0 Å². The Kier molecular flexibility index (Phi) is 5.97. The van der Waals surface area contributed by atoms with Crippen molar-refractivity contribution >= 4 is 22.3 Å². The minimum Gasteiger partial charge on any atom is -0.383 e. The molecule has 1 saturated heterocycles. The lowest BCUT2D eigenvalue weighted by Gasteiger charge is -2.35. The molecular weight excluding hydrogens is 358 g/mol. The number of anilines is 2. The first-order valence-electron chi connectivity index (χ1n) is 10.4. The molecule has 0 unspecified atom stereocenters. The van der Waals surface area contributed by atoms with Gasteiger partial charge in [-0.05, 0) is 39.3 Å². The zero-order valence-corrected chi connectivity index (χ0v) is 17.7. The SMILES string of the molecule is CN(C)CCNc1cc(-c2ccccc2N2CCN(C)CC2)nc2ccccc12. The highest BCUT2D eigenvalue weighted by molar-refractivity contribution is 5.95. The zero-order valence-electron chi connectivity index (χ0n) is 17.7. The maximum atomic E-state index is 5.03. The van der Waals surface area contributed by atoms with E-state index in [-0.39, 0.29) is 0 Å². The number of nitrogens with zero attached hydrogens (tertiary/aromatic N) is 4.